The standard InChI is InChI=1S/C19H26FN3O2/c1-14(6-11-17-5-4-12-23(17)3)22-18(24)21-13-19(2,25)15-7-9-16(20)10-8-15/h4-5,7-10,12,14,25H,6,11,13H2,1-3H3,(H2,21,22,24). The zero-order valence-electron chi connectivity index (χ0n) is 14.9. The summed E-state index contributed by atoms with van der Waals surface area (Å²) < 4.78 is 15.0. The topological polar surface area (TPSA) is 66.3 Å². The van der Waals surface area contributed by atoms with Gasteiger partial charge in [0.25, 0.3) is 0 Å². The number of nitrogens with zero attached hydrogens (tertiary/aromatic N) is 1. The lowest BCUT2D eigenvalue weighted by atomic mass is 9.96. The summed E-state index contributed by atoms with van der Waals surface area (Å²) in [7, 11) is 2.00. The van der Waals surface area contributed by atoms with Crippen LogP contribution >= 0.6 is 0 Å². The number of benzene rings is 1. The third kappa shape index (κ3) is 5.60. The number of hydrogen-bond donors (Lipinski definition) is 3. The predicted molar refractivity (Wildman–Crippen MR) is 95.7 cm³/mol. The minimum Gasteiger partial charge on any atom is -0.384 e. The number of halogens is 1. The third-order valence-corrected chi connectivity index (χ3v) is 4.32. The summed E-state index contributed by atoms with van der Waals surface area (Å²) in [6, 6.07) is 9.33. The second-order valence-corrected chi connectivity index (χ2v) is 6.66. The van der Waals surface area contributed by atoms with Crippen LogP contribution in [0.4, 0.5) is 9.18 Å². The van der Waals surface area contributed by atoms with E-state index < -0.39 is 5.60 Å². The van der Waals surface area contributed by atoms with Gasteiger partial charge in [-0.25, -0.2) is 9.18 Å². The fraction of sp³-hybridized carbons (Fsp3) is 0.421. The van der Waals surface area contributed by atoms with Gasteiger partial charge in [0.1, 0.15) is 11.4 Å². The highest BCUT2D eigenvalue weighted by molar-refractivity contribution is 5.74. The Kier molecular flexibility index (Phi) is 6.20. The Bertz CT molecular complexity index is 695. The molecule has 136 valence electrons. The molecular formula is C19H26FN3O2. The number of amides is 2. The Morgan fingerprint density at radius 3 is 2.60 bits per heavy atom. The fourth-order valence-electron chi connectivity index (χ4n) is 2.63. The highest BCUT2D eigenvalue weighted by Crippen LogP contribution is 2.19. The second-order valence-electron chi connectivity index (χ2n) is 6.66. The lowest BCUT2D eigenvalue weighted by Crippen LogP contribution is -2.46. The van der Waals surface area contributed by atoms with E-state index in [1.807, 2.05) is 26.2 Å². The van der Waals surface area contributed by atoms with E-state index in [1.165, 1.54) is 30.0 Å². The van der Waals surface area contributed by atoms with Crippen LogP contribution in [0, 0.1) is 5.82 Å². The molecule has 1 aromatic carbocycles. The first-order chi connectivity index (χ1) is 11.8. The molecule has 0 radical (unpaired) electrons. The van der Waals surface area contributed by atoms with Gasteiger partial charge in [0, 0.05) is 25.0 Å². The molecule has 2 aromatic rings. The number of aliphatic hydroxyl groups is 1. The third-order valence-electron chi connectivity index (χ3n) is 4.32. The fourth-order valence-corrected chi connectivity index (χ4v) is 2.63. The van der Waals surface area contributed by atoms with E-state index in [4.69, 9.17) is 0 Å². The molecule has 0 aliphatic carbocycles. The predicted octanol–water partition coefficient (Wildman–Crippen LogP) is 2.69. The highest BCUT2D eigenvalue weighted by Gasteiger charge is 2.24. The second kappa shape index (κ2) is 8.16. The molecule has 0 saturated heterocycles. The number of carbonyl (C=O) groups is 1. The first kappa shape index (κ1) is 19.0. The van der Waals surface area contributed by atoms with Gasteiger partial charge >= 0.3 is 6.03 Å². The lowest BCUT2D eigenvalue weighted by Gasteiger charge is -2.25. The molecule has 0 bridgehead atoms. The summed E-state index contributed by atoms with van der Waals surface area (Å²) in [6.45, 7) is 3.56. The van der Waals surface area contributed by atoms with E-state index in [0.717, 1.165) is 12.8 Å². The van der Waals surface area contributed by atoms with Crippen LogP contribution in [-0.4, -0.2) is 28.3 Å². The summed E-state index contributed by atoms with van der Waals surface area (Å²) in [5.74, 6) is -0.364. The van der Waals surface area contributed by atoms with Crippen LogP contribution in [0.5, 0.6) is 0 Å². The Balaban J connectivity index is 1.77. The summed E-state index contributed by atoms with van der Waals surface area (Å²) in [6.07, 6.45) is 3.69. The molecule has 1 heterocycles. The van der Waals surface area contributed by atoms with Gasteiger partial charge in [-0.2, -0.15) is 0 Å². The monoisotopic (exact) mass is 347 g/mol. The van der Waals surface area contributed by atoms with Crippen LogP contribution in [-0.2, 0) is 19.1 Å². The Morgan fingerprint density at radius 2 is 2.00 bits per heavy atom. The molecule has 2 unspecified atom stereocenters. The molecule has 5 nitrogen and oxygen atoms in total. The molecular weight excluding hydrogens is 321 g/mol. The van der Waals surface area contributed by atoms with E-state index in [2.05, 4.69) is 21.3 Å². The Morgan fingerprint density at radius 1 is 1.32 bits per heavy atom. The average Bonchev–Trinajstić information content (AvgIpc) is 2.97. The number of urea groups is 1. The molecule has 2 atom stereocenters. The number of hydrogen-bond acceptors (Lipinski definition) is 2. The van der Waals surface area contributed by atoms with Crippen molar-refractivity contribution in [3.63, 3.8) is 0 Å². The molecule has 0 fully saturated rings. The van der Waals surface area contributed by atoms with Gasteiger partial charge in [-0.05, 0) is 56.5 Å². The largest absolute Gasteiger partial charge is 0.384 e. The SMILES string of the molecule is CC(CCc1cccn1C)NC(=O)NCC(C)(O)c1ccc(F)cc1. The molecule has 0 aliphatic rings. The van der Waals surface area contributed by atoms with Crippen molar-refractivity contribution in [1.29, 1.82) is 0 Å². The van der Waals surface area contributed by atoms with Gasteiger partial charge in [0.05, 0.1) is 6.54 Å². The molecule has 0 aliphatic heterocycles. The van der Waals surface area contributed by atoms with Crippen LogP contribution < -0.4 is 10.6 Å². The molecule has 3 N–H and O–H groups in total. The molecule has 0 saturated carbocycles. The van der Waals surface area contributed by atoms with E-state index in [-0.39, 0.29) is 24.4 Å². The van der Waals surface area contributed by atoms with Crippen molar-refractivity contribution in [2.75, 3.05) is 6.54 Å². The highest BCUT2D eigenvalue weighted by atomic mass is 19.1. The summed E-state index contributed by atoms with van der Waals surface area (Å²) >= 11 is 0. The number of rotatable bonds is 7. The maximum atomic E-state index is 13.0. The van der Waals surface area contributed by atoms with Crippen molar-refractivity contribution >= 4 is 6.03 Å². The van der Waals surface area contributed by atoms with Crippen LogP contribution in [0.1, 0.15) is 31.5 Å². The van der Waals surface area contributed by atoms with Gasteiger partial charge in [0.15, 0.2) is 0 Å². The number of nitrogens with one attached hydrogen (secondary N) is 2. The van der Waals surface area contributed by atoms with E-state index >= 15 is 0 Å². The van der Waals surface area contributed by atoms with Crippen LogP contribution in [0.25, 0.3) is 0 Å². The Hall–Kier alpha value is -2.34. The summed E-state index contributed by atoms with van der Waals surface area (Å²) in [5, 5.41) is 16.0. The van der Waals surface area contributed by atoms with E-state index in [0.29, 0.717) is 5.56 Å². The zero-order chi connectivity index (χ0) is 18.4. The van der Waals surface area contributed by atoms with Gasteiger partial charge in [-0.15, -0.1) is 0 Å². The van der Waals surface area contributed by atoms with Gasteiger partial charge < -0.3 is 20.3 Å². The molecule has 25 heavy (non-hydrogen) atoms. The van der Waals surface area contributed by atoms with Crippen LogP contribution in [0.15, 0.2) is 42.6 Å². The van der Waals surface area contributed by atoms with Crippen molar-refractivity contribution in [2.45, 2.75) is 38.3 Å². The molecule has 2 amide bonds. The van der Waals surface area contributed by atoms with Crippen molar-refractivity contribution in [3.05, 3.63) is 59.7 Å². The van der Waals surface area contributed by atoms with Crippen molar-refractivity contribution in [1.82, 2.24) is 15.2 Å². The normalized spacial score (nSPS) is 14.6. The maximum Gasteiger partial charge on any atom is 0.315 e. The summed E-state index contributed by atoms with van der Waals surface area (Å²) in [5.41, 5.74) is 0.497. The van der Waals surface area contributed by atoms with E-state index in [9.17, 15) is 14.3 Å². The number of aryl methyl sites for hydroxylation is 2. The minimum absolute atomic E-state index is 0.00525. The first-order valence-electron chi connectivity index (χ1n) is 8.41. The van der Waals surface area contributed by atoms with Crippen molar-refractivity contribution < 1.29 is 14.3 Å². The van der Waals surface area contributed by atoms with Crippen LogP contribution in [0.3, 0.4) is 0 Å². The molecule has 1 aromatic heterocycles. The minimum atomic E-state index is -1.27. The molecule has 2 rings (SSSR count). The van der Waals surface area contributed by atoms with Crippen LogP contribution in [0.2, 0.25) is 0 Å². The van der Waals surface area contributed by atoms with Gasteiger partial charge in [-0.3, -0.25) is 0 Å². The molecule has 6 heteroatoms. The number of carbonyl (C=O) groups excluding carboxylic acids is 1. The molecule has 0 spiro atoms. The van der Waals surface area contributed by atoms with Crippen molar-refractivity contribution in [2.24, 2.45) is 7.05 Å². The van der Waals surface area contributed by atoms with E-state index in [1.54, 1.807) is 6.92 Å². The van der Waals surface area contributed by atoms with Gasteiger partial charge in [-0.1, -0.05) is 12.1 Å². The average molecular weight is 347 g/mol. The smallest absolute Gasteiger partial charge is 0.315 e. The first-order valence-corrected chi connectivity index (χ1v) is 8.41. The van der Waals surface area contributed by atoms with Crippen molar-refractivity contribution in [3.8, 4) is 0 Å². The van der Waals surface area contributed by atoms with Gasteiger partial charge in [0.2, 0.25) is 0 Å². The summed E-state index contributed by atoms with van der Waals surface area (Å²) in [4.78, 5) is 12.0. The lowest BCUT2D eigenvalue weighted by molar-refractivity contribution is 0.0592. The maximum absolute atomic E-state index is 13.0. The quantitative estimate of drug-likeness (QED) is 0.721. The zero-order valence-corrected chi connectivity index (χ0v) is 14.9. The Labute approximate surface area is 147 Å². The number of aromatic nitrogens is 1.